The quantitative estimate of drug-likeness (QED) is 0.549. The molecule has 4 aromatic rings. The number of rotatable bonds is 4. The van der Waals surface area contributed by atoms with Crippen LogP contribution in [-0.2, 0) is 13.0 Å². The van der Waals surface area contributed by atoms with Crippen LogP contribution in [0.25, 0.3) is 22.5 Å². The van der Waals surface area contributed by atoms with Crippen molar-refractivity contribution < 1.29 is 9.18 Å². The minimum atomic E-state index is -0.313. The number of carbonyl (C=O) groups is 1. The van der Waals surface area contributed by atoms with Crippen LogP contribution in [-0.4, -0.2) is 25.7 Å². The molecule has 0 bridgehead atoms. The Balaban J connectivity index is 1.30. The van der Waals surface area contributed by atoms with E-state index in [9.17, 15) is 9.18 Å². The number of imidazole rings is 1. The van der Waals surface area contributed by atoms with Crippen molar-refractivity contribution in [1.82, 2.24) is 19.7 Å². The van der Waals surface area contributed by atoms with Crippen LogP contribution < -0.4 is 5.32 Å². The van der Waals surface area contributed by atoms with Crippen molar-refractivity contribution in [2.75, 3.05) is 5.32 Å². The van der Waals surface area contributed by atoms with E-state index in [2.05, 4.69) is 25.1 Å². The van der Waals surface area contributed by atoms with Crippen molar-refractivity contribution in [2.45, 2.75) is 19.4 Å². The van der Waals surface area contributed by atoms with Crippen LogP contribution in [0, 0.1) is 5.82 Å². The normalized spacial score (nSPS) is 12.7. The summed E-state index contributed by atoms with van der Waals surface area (Å²) in [5.74, 6) is 0.532. The van der Waals surface area contributed by atoms with Gasteiger partial charge in [-0.2, -0.15) is 5.10 Å². The predicted octanol–water partition coefficient (Wildman–Crippen LogP) is 4.28. The van der Waals surface area contributed by atoms with Gasteiger partial charge in [-0.1, -0.05) is 12.1 Å². The Bertz CT molecular complexity index is 1170. The number of nitrogens with zero attached hydrogens (tertiary/aromatic N) is 3. The number of anilines is 1. The van der Waals surface area contributed by atoms with Gasteiger partial charge in [0.25, 0.3) is 5.91 Å². The van der Waals surface area contributed by atoms with E-state index in [1.807, 2.05) is 30.5 Å². The van der Waals surface area contributed by atoms with Crippen LogP contribution in [0.3, 0.4) is 0 Å². The van der Waals surface area contributed by atoms with Crippen molar-refractivity contribution in [3.8, 4) is 22.5 Å². The van der Waals surface area contributed by atoms with Gasteiger partial charge in [0.2, 0.25) is 0 Å². The number of H-pyrrole nitrogens is 1. The highest BCUT2D eigenvalue weighted by molar-refractivity contribution is 6.03. The Hall–Kier alpha value is -3.74. The molecule has 1 aliphatic rings. The highest BCUT2D eigenvalue weighted by atomic mass is 19.1. The zero-order valence-electron chi connectivity index (χ0n) is 15.5. The molecule has 1 amide bonds. The summed E-state index contributed by atoms with van der Waals surface area (Å²) in [6, 6.07) is 15.3. The second kappa shape index (κ2) is 7.01. The van der Waals surface area contributed by atoms with Gasteiger partial charge in [0, 0.05) is 24.2 Å². The van der Waals surface area contributed by atoms with Crippen LogP contribution >= 0.6 is 0 Å². The Morgan fingerprint density at radius 3 is 2.62 bits per heavy atom. The van der Waals surface area contributed by atoms with E-state index in [1.54, 1.807) is 18.2 Å². The molecule has 1 aliphatic heterocycles. The van der Waals surface area contributed by atoms with Crippen molar-refractivity contribution >= 4 is 11.6 Å². The fourth-order valence-corrected chi connectivity index (χ4v) is 3.62. The largest absolute Gasteiger partial charge is 0.328 e. The molecule has 144 valence electrons. The number of fused-ring (bicyclic) bond motifs is 1. The lowest BCUT2D eigenvalue weighted by atomic mass is 10.1. The number of aromatic nitrogens is 4. The predicted molar refractivity (Wildman–Crippen MR) is 108 cm³/mol. The Labute approximate surface area is 166 Å². The first kappa shape index (κ1) is 17.4. The highest BCUT2D eigenvalue weighted by Crippen LogP contribution is 2.27. The lowest BCUT2D eigenvalue weighted by Crippen LogP contribution is -2.12. The van der Waals surface area contributed by atoms with Gasteiger partial charge < -0.3 is 9.88 Å². The molecule has 0 atom stereocenters. The second-order valence-corrected chi connectivity index (χ2v) is 7.02. The Kier molecular flexibility index (Phi) is 4.20. The third kappa shape index (κ3) is 3.31. The standard InChI is InChI=1S/C22H18FN5O/c23-16-7-3-14(4-8-16)18-12-19(27-26-18)22(29)25-17-9-5-15(6-10-17)20-13-24-21-2-1-11-28(20)21/h3-10,12-13H,1-2,11H2,(H,25,29)(H,26,27). The van der Waals surface area contributed by atoms with E-state index < -0.39 is 0 Å². The van der Waals surface area contributed by atoms with Crippen LogP contribution in [0.2, 0.25) is 0 Å². The molecule has 0 saturated heterocycles. The van der Waals surface area contributed by atoms with E-state index in [0.29, 0.717) is 17.1 Å². The maximum Gasteiger partial charge on any atom is 0.273 e. The zero-order valence-corrected chi connectivity index (χ0v) is 15.5. The monoisotopic (exact) mass is 387 g/mol. The molecule has 2 N–H and O–H groups in total. The second-order valence-electron chi connectivity index (χ2n) is 7.02. The molecule has 6 nitrogen and oxygen atoms in total. The summed E-state index contributed by atoms with van der Waals surface area (Å²) in [7, 11) is 0. The summed E-state index contributed by atoms with van der Waals surface area (Å²) in [6.07, 6.45) is 4.07. The number of hydrogen-bond acceptors (Lipinski definition) is 3. The van der Waals surface area contributed by atoms with Crippen molar-refractivity contribution in [1.29, 1.82) is 0 Å². The van der Waals surface area contributed by atoms with Gasteiger partial charge in [-0.15, -0.1) is 0 Å². The molecule has 0 aliphatic carbocycles. The molecule has 5 rings (SSSR count). The van der Waals surface area contributed by atoms with Crippen LogP contribution in [0.4, 0.5) is 10.1 Å². The van der Waals surface area contributed by atoms with E-state index in [-0.39, 0.29) is 11.7 Å². The smallest absolute Gasteiger partial charge is 0.273 e. The number of benzene rings is 2. The average Bonchev–Trinajstić information content (AvgIpc) is 3.46. The zero-order chi connectivity index (χ0) is 19.8. The van der Waals surface area contributed by atoms with Gasteiger partial charge in [0.1, 0.15) is 17.3 Å². The SMILES string of the molecule is O=C(Nc1ccc(-c2cnc3n2CCC3)cc1)c1cc(-c2ccc(F)cc2)n[nH]1. The number of nitrogens with one attached hydrogen (secondary N) is 2. The van der Waals surface area contributed by atoms with Crippen LogP contribution in [0.5, 0.6) is 0 Å². The Morgan fingerprint density at radius 1 is 1.07 bits per heavy atom. The lowest BCUT2D eigenvalue weighted by molar-refractivity contribution is 0.102. The molecule has 0 saturated carbocycles. The number of aryl methyl sites for hydroxylation is 1. The average molecular weight is 387 g/mol. The van der Waals surface area contributed by atoms with Gasteiger partial charge in [0.05, 0.1) is 17.6 Å². The van der Waals surface area contributed by atoms with E-state index in [1.165, 1.54) is 12.1 Å². The fourth-order valence-electron chi connectivity index (χ4n) is 3.62. The molecular weight excluding hydrogens is 369 g/mol. The van der Waals surface area contributed by atoms with E-state index in [0.717, 1.165) is 42.0 Å². The summed E-state index contributed by atoms with van der Waals surface area (Å²) >= 11 is 0. The molecule has 0 fully saturated rings. The Morgan fingerprint density at radius 2 is 1.83 bits per heavy atom. The van der Waals surface area contributed by atoms with E-state index in [4.69, 9.17) is 0 Å². The first-order chi connectivity index (χ1) is 14.2. The maximum atomic E-state index is 13.1. The fraction of sp³-hybridized carbons (Fsp3) is 0.136. The van der Waals surface area contributed by atoms with Gasteiger partial charge in [0.15, 0.2) is 0 Å². The first-order valence-corrected chi connectivity index (χ1v) is 9.45. The van der Waals surface area contributed by atoms with Gasteiger partial charge in [-0.3, -0.25) is 9.89 Å². The van der Waals surface area contributed by atoms with Crippen LogP contribution in [0.1, 0.15) is 22.7 Å². The van der Waals surface area contributed by atoms with Crippen LogP contribution in [0.15, 0.2) is 60.8 Å². The third-order valence-electron chi connectivity index (χ3n) is 5.12. The molecule has 0 radical (unpaired) electrons. The summed E-state index contributed by atoms with van der Waals surface area (Å²) in [4.78, 5) is 17.0. The van der Waals surface area contributed by atoms with Crippen molar-refractivity contribution in [3.63, 3.8) is 0 Å². The molecule has 2 aromatic heterocycles. The first-order valence-electron chi connectivity index (χ1n) is 9.45. The highest BCUT2D eigenvalue weighted by Gasteiger charge is 2.17. The molecule has 3 heterocycles. The number of halogens is 1. The molecular formula is C22H18FN5O. The summed E-state index contributed by atoms with van der Waals surface area (Å²) < 4.78 is 15.3. The third-order valence-corrected chi connectivity index (χ3v) is 5.12. The minimum Gasteiger partial charge on any atom is -0.328 e. The van der Waals surface area contributed by atoms with Crippen molar-refractivity contribution in [3.05, 3.63) is 78.1 Å². The minimum absolute atomic E-state index is 0.288. The van der Waals surface area contributed by atoms with Crippen molar-refractivity contribution in [2.24, 2.45) is 0 Å². The maximum absolute atomic E-state index is 13.1. The topological polar surface area (TPSA) is 75.6 Å². The van der Waals surface area contributed by atoms with E-state index >= 15 is 0 Å². The molecule has 7 heteroatoms. The van der Waals surface area contributed by atoms with Gasteiger partial charge in [-0.25, -0.2) is 9.37 Å². The summed E-state index contributed by atoms with van der Waals surface area (Å²) in [5.41, 5.74) is 4.52. The molecule has 0 unspecified atom stereocenters. The van der Waals surface area contributed by atoms with Gasteiger partial charge >= 0.3 is 0 Å². The lowest BCUT2D eigenvalue weighted by Gasteiger charge is -2.07. The molecule has 0 spiro atoms. The number of carbonyl (C=O) groups excluding carboxylic acids is 1. The summed E-state index contributed by atoms with van der Waals surface area (Å²) in [6.45, 7) is 0.999. The molecule has 29 heavy (non-hydrogen) atoms. The molecule has 2 aromatic carbocycles. The number of aromatic amines is 1. The van der Waals surface area contributed by atoms with Gasteiger partial charge in [-0.05, 0) is 54.4 Å². The number of hydrogen-bond donors (Lipinski definition) is 2. The number of amides is 1. The summed E-state index contributed by atoms with van der Waals surface area (Å²) in [5, 5.41) is 9.74.